The van der Waals surface area contributed by atoms with E-state index in [4.69, 9.17) is 37.1 Å². The van der Waals surface area contributed by atoms with Gasteiger partial charge in [0.1, 0.15) is 11.5 Å². The molecule has 0 fully saturated rings. The summed E-state index contributed by atoms with van der Waals surface area (Å²) in [6.45, 7) is 3.46. The van der Waals surface area contributed by atoms with Crippen LogP contribution in [0.3, 0.4) is 0 Å². The van der Waals surface area contributed by atoms with Crippen molar-refractivity contribution in [2.24, 2.45) is 7.05 Å². The lowest BCUT2D eigenvalue weighted by atomic mass is 10.1. The van der Waals surface area contributed by atoms with Crippen LogP contribution in [0.15, 0.2) is 47.7 Å². The number of benzene rings is 1. The van der Waals surface area contributed by atoms with E-state index in [1.165, 1.54) is 32.6 Å². The van der Waals surface area contributed by atoms with Crippen LogP contribution in [0.2, 0.25) is 10.0 Å². The maximum Gasteiger partial charge on any atom is 0.247 e. The molecule has 180 valence electrons. The minimum absolute atomic E-state index is 0.00728. The Morgan fingerprint density at radius 2 is 1.86 bits per heavy atom. The molecule has 0 aliphatic carbocycles. The van der Waals surface area contributed by atoms with Gasteiger partial charge in [-0.15, -0.1) is 0 Å². The zero-order valence-electron chi connectivity index (χ0n) is 19.0. The zero-order chi connectivity index (χ0) is 25.3. The van der Waals surface area contributed by atoms with Gasteiger partial charge in [-0.2, -0.15) is 5.10 Å². The topological polar surface area (TPSA) is 108 Å². The number of rotatable bonds is 8. The van der Waals surface area contributed by atoms with Crippen LogP contribution in [-0.4, -0.2) is 40.7 Å². The molecular formula is C24H20Cl2N4O5. The number of hydrogen-bond acceptors (Lipinski definition) is 7. The first-order valence-electron chi connectivity index (χ1n) is 10.2. The summed E-state index contributed by atoms with van der Waals surface area (Å²) in [5, 5.41) is 7.87. The van der Waals surface area contributed by atoms with Crippen LogP contribution in [0.1, 0.15) is 27.5 Å². The van der Waals surface area contributed by atoms with Crippen LogP contribution >= 0.6 is 23.2 Å². The van der Waals surface area contributed by atoms with E-state index in [1.807, 2.05) is 0 Å². The average Bonchev–Trinajstić information content (AvgIpc) is 3.41. The Morgan fingerprint density at radius 3 is 2.49 bits per heavy atom. The second-order valence-electron chi connectivity index (χ2n) is 7.47. The van der Waals surface area contributed by atoms with E-state index in [9.17, 15) is 9.59 Å². The van der Waals surface area contributed by atoms with Gasteiger partial charge in [0, 0.05) is 36.8 Å². The Labute approximate surface area is 210 Å². The molecule has 0 aliphatic heterocycles. The van der Waals surface area contributed by atoms with E-state index in [2.05, 4.69) is 22.0 Å². The molecule has 0 unspecified atom stereocenters. The number of fused-ring (bicyclic) bond motifs is 1. The lowest BCUT2D eigenvalue weighted by molar-refractivity contribution is -0.111. The number of furan rings is 1. The Kier molecular flexibility index (Phi) is 6.81. The van der Waals surface area contributed by atoms with Crippen molar-refractivity contribution in [3.05, 3.63) is 76.0 Å². The molecule has 0 spiro atoms. The van der Waals surface area contributed by atoms with Crippen molar-refractivity contribution in [3.8, 4) is 11.5 Å². The van der Waals surface area contributed by atoms with Gasteiger partial charge >= 0.3 is 0 Å². The number of methoxy groups -OCH3 is 2. The fourth-order valence-electron chi connectivity index (χ4n) is 3.53. The molecule has 0 bridgehead atoms. The van der Waals surface area contributed by atoms with Crippen LogP contribution in [-0.2, 0) is 18.3 Å². The van der Waals surface area contributed by atoms with E-state index < -0.39 is 5.78 Å². The van der Waals surface area contributed by atoms with Gasteiger partial charge in [0.2, 0.25) is 11.7 Å². The summed E-state index contributed by atoms with van der Waals surface area (Å²) in [4.78, 5) is 29.4. The molecule has 35 heavy (non-hydrogen) atoms. The van der Waals surface area contributed by atoms with Gasteiger partial charge in [-0.05, 0) is 18.2 Å². The molecule has 3 aromatic heterocycles. The highest BCUT2D eigenvalue weighted by atomic mass is 35.5. The lowest BCUT2D eigenvalue weighted by Crippen LogP contribution is -2.08. The molecule has 0 radical (unpaired) electrons. The van der Waals surface area contributed by atoms with E-state index >= 15 is 0 Å². The van der Waals surface area contributed by atoms with Crippen molar-refractivity contribution in [3.63, 3.8) is 0 Å². The van der Waals surface area contributed by atoms with Crippen LogP contribution < -0.4 is 14.8 Å². The van der Waals surface area contributed by atoms with Crippen molar-refractivity contribution in [1.29, 1.82) is 0 Å². The normalized spacial score (nSPS) is 10.9. The number of nitrogens with zero attached hydrogens (tertiary/aromatic N) is 3. The zero-order valence-corrected chi connectivity index (χ0v) is 20.5. The summed E-state index contributed by atoms with van der Waals surface area (Å²) in [7, 11) is 4.60. The third-order valence-electron chi connectivity index (χ3n) is 5.18. The average molecular weight is 515 g/mol. The lowest BCUT2D eigenvalue weighted by Gasteiger charge is -2.12. The van der Waals surface area contributed by atoms with E-state index in [0.717, 1.165) is 0 Å². The van der Waals surface area contributed by atoms with Crippen LogP contribution in [0.5, 0.6) is 11.5 Å². The molecule has 1 amide bonds. The van der Waals surface area contributed by atoms with Crippen molar-refractivity contribution in [1.82, 2.24) is 14.8 Å². The number of pyridine rings is 1. The predicted molar refractivity (Wildman–Crippen MR) is 132 cm³/mol. The van der Waals surface area contributed by atoms with Gasteiger partial charge < -0.3 is 19.2 Å². The Balaban J connectivity index is 1.68. The van der Waals surface area contributed by atoms with Gasteiger partial charge in [-0.25, -0.2) is 0 Å². The van der Waals surface area contributed by atoms with Gasteiger partial charge in [0.25, 0.3) is 0 Å². The maximum absolute atomic E-state index is 13.3. The first-order chi connectivity index (χ1) is 16.7. The molecule has 0 atom stereocenters. The molecule has 4 aromatic rings. The number of hydrogen-bond donors (Lipinski definition) is 1. The second-order valence-corrected chi connectivity index (χ2v) is 8.23. The summed E-state index contributed by atoms with van der Waals surface area (Å²) >= 11 is 12.8. The number of amides is 1. The second kappa shape index (κ2) is 9.81. The van der Waals surface area contributed by atoms with Crippen LogP contribution in [0.25, 0.3) is 11.0 Å². The fourth-order valence-corrected chi connectivity index (χ4v) is 4.21. The Hall–Kier alpha value is -3.82. The number of halogens is 2. The van der Waals surface area contributed by atoms with Crippen LogP contribution in [0.4, 0.5) is 5.69 Å². The number of anilines is 1. The maximum atomic E-state index is 13.3. The summed E-state index contributed by atoms with van der Waals surface area (Å²) in [5.41, 5.74) is 2.24. The third kappa shape index (κ3) is 4.73. The summed E-state index contributed by atoms with van der Waals surface area (Å²) in [5.74, 6) is -0.367. The van der Waals surface area contributed by atoms with E-state index in [1.54, 1.807) is 30.1 Å². The number of aryl methyl sites for hydroxylation is 1. The molecule has 1 aromatic carbocycles. The van der Waals surface area contributed by atoms with Crippen molar-refractivity contribution in [2.45, 2.75) is 6.42 Å². The number of nitrogens with one attached hydrogen (secondary N) is 1. The van der Waals surface area contributed by atoms with E-state index in [-0.39, 0.29) is 38.8 Å². The highest BCUT2D eigenvalue weighted by Gasteiger charge is 2.26. The van der Waals surface area contributed by atoms with Crippen molar-refractivity contribution < 1.29 is 23.5 Å². The molecule has 9 nitrogen and oxygen atoms in total. The number of ether oxygens (including phenoxy) is 2. The first kappa shape index (κ1) is 24.3. The smallest absolute Gasteiger partial charge is 0.247 e. The summed E-state index contributed by atoms with van der Waals surface area (Å²) in [6, 6.07) is 4.86. The number of ketones is 1. The molecular weight excluding hydrogens is 495 g/mol. The van der Waals surface area contributed by atoms with Crippen molar-refractivity contribution in [2.75, 3.05) is 19.5 Å². The molecule has 3 heterocycles. The highest BCUT2D eigenvalue weighted by molar-refractivity contribution is 6.42. The largest absolute Gasteiger partial charge is 0.495 e. The first-order valence-corrected chi connectivity index (χ1v) is 11.0. The monoisotopic (exact) mass is 514 g/mol. The SMILES string of the molecule is C=CC(=O)Nc1cn(C)nc1Cc1cc2cc(C(=O)c3c(Cl)c(OC)cc(OC)c3Cl)oc2cn1. The number of carbonyl (C=O) groups is 2. The van der Waals surface area contributed by atoms with Crippen LogP contribution in [0, 0.1) is 0 Å². The predicted octanol–water partition coefficient (Wildman–Crippen LogP) is 4.83. The minimum Gasteiger partial charge on any atom is -0.495 e. The summed E-state index contributed by atoms with van der Waals surface area (Å²) in [6.07, 6.45) is 4.73. The fraction of sp³-hybridized carbons (Fsp3) is 0.167. The summed E-state index contributed by atoms with van der Waals surface area (Å²) < 4.78 is 17.8. The molecule has 0 aliphatic rings. The standard InChI is InChI=1S/C24H20Cl2N4O5/c1-5-20(31)28-15-11-30(2)29-14(15)8-13-6-12-7-18(35-19(12)10-27-13)24(32)21-22(25)16(33-3)9-17(34-4)23(21)26/h5-7,9-11H,1,8H2,2-4H3,(H,28,31). The van der Waals surface area contributed by atoms with Gasteiger partial charge in [-0.1, -0.05) is 29.8 Å². The van der Waals surface area contributed by atoms with Gasteiger partial charge in [-0.3, -0.25) is 19.3 Å². The minimum atomic E-state index is -0.533. The van der Waals surface area contributed by atoms with E-state index in [0.29, 0.717) is 34.5 Å². The molecule has 1 N–H and O–H groups in total. The van der Waals surface area contributed by atoms with Gasteiger partial charge in [0.05, 0.1) is 47.4 Å². The Morgan fingerprint density at radius 1 is 1.17 bits per heavy atom. The quantitative estimate of drug-likeness (QED) is 0.265. The number of carbonyl (C=O) groups excluding carboxylic acids is 2. The molecule has 4 rings (SSSR count). The van der Waals surface area contributed by atoms with Gasteiger partial charge in [0.15, 0.2) is 11.3 Å². The molecule has 11 heteroatoms. The number of aromatic nitrogens is 3. The molecule has 0 saturated carbocycles. The molecule has 0 saturated heterocycles. The van der Waals surface area contributed by atoms with Crippen molar-refractivity contribution >= 4 is 51.5 Å². The highest BCUT2D eigenvalue weighted by Crippen LogP contribution is 2.41. The third-order valence-corrected chi connectivity index (χ3v) is 5.93. The Bertz CT molecular complexity index is 1450.